The van der Waals surface area contributed by atoms with Crippen LogP contribution in [0.4, 0.5) is 0 Å². The van der Waals surface area contributed by atoms with Crippen LogP contribution in [0.25, 0.3) is 0 Å². The van der Waals surface area contributed by atoms with Crippen LogP contribution >= 0.6 is 0 Å². The molecule has 0 aromatic heterocycles. The number of oxime groups is 1. The van der Waals surface area contributed by atoms with Gasteiger partial charge in [-0.3, -0.25) is 0 Å². The van der Waals surface area contributed by atoms with Crippen LogP contribution in [0, 0.1) is 0 Å². The van der Waals surface area contributed by atoms with Gasteiger partial charge in [-0.15, -0.1) is 0 Å². The van der Waals surface area contributed by atoms with Crippen LogP contribution in [0.1, 0.15) is 12.0 Å². The molecule has 21 heavy (non-hydrogen) atoms. The number of hydrogen-bond donors (Lipinski definition) is 2. The molecule has 3 N–H and O–H groups in total. The summed E-state index contributed by atoms with van der Waals surface area (Å²) in [5.41, 5.74) is 6.15. The Morgan fingerprint density at radius 2 is 1.62 bits per heavy atom. The van der Waals surface area contributed by atoms with Crippen molar-refractivity contribution in [3.63, 3.8) is 0 Å². The zero-order valence-electron chi connectivity index (χ0n) is 11.6. The Morgan fingerprint density at radius 3 is 2.33 bits per heavy atom. The maximum Gasteiger partial charge on any atom is 0.170 e. The van der Waals surface area contributed by atoms with Crippen molar-refractivity contribution < 1.29 is 14.7 Å². The van der Waals surface area contributed by atoms with Crippen molar-refractivity contribution in [2.24, 2.45) is 10.9 Å². The number of amidine groups is 1. The molecule has 0 spiro atoms. The zero-order chi connectivity index (χ0) is 14.9. The fourth-order valence-corrected chi connectivity index (χ4v) is 1.76. The summed E-state index contributed by atoms with van der Waals surface area (Å²) in [6.45, 7) is 1.12. The van der Waals surface area contributed by atoms with E-state index in [0.29, 0.717) is 24.5 Å². The molecule has 0 saturated heterocycles. The summed E-state index contributed by atoms with van der Waals surface area (Å²) in [6, 6.07) is 16.8. The highest BCUT2D eigenvalue weighted by Crippen LogP contribution is 2.14. The molecule has 2 rings (SSSR count). The molecule has 2 aromatic carbocycles. The van der Waals surface area contributed by atoms with E-state index in [1.807, 2.05) is 36.4 Å². The smallest absolute Gasteiger partial charge is 0.170 e. The topological polar surface area (TPSA) is 77.1 Å². The van der Waals surface area contributed by atoms with Gasteiger partial charge in [-0.05, 0) is 24.3 Å². The average molecular weight is 286 g/mol. The number of ether oxygens (including phenoxy) is 2. The minimum Gasteiger partial charge on any atom is -0.493 e. The highest BCUT2D eigenvalue weighted by molar-refractivity contribution is 5.97. The lowest BCUT2D eigenvalue weighted by atomic mass is 10.2. The monoisotopic (exact) mass is 286 g/mol. The fourth-order valence-electron chi connectivity index (χ4n) is 1.76. The number of benzene rings is 2. The number of hydrogen-bond acceptors (Lipinski definition) is 4. The third kappa shape index (κ3) is 4.72. The molecule has 0 aliphatic carbocycles. The van der Waals surface area contributed by atoms with Crippen LogP contribution in [0.2, 0.25) is 0 Å². The Morgan fingerprint density at radius 1 is 0.952 bits per heavy atom. The summed E-state index contributed by atoms with van der Waals surface area (Å²) in [4.78, 5) is 0. The first kappa shape index (κ1) is 14.7. The van der Waals surface area contributed by atoms with E-state index in [2.05, 4.69) is 5.16 Å². The second kappa shape index (κ2) is 7.79. The van der Waals surface area contributed by atoms with Gasteiger partial charge in [0.15, 0.2) is 5.84 Å². The molecule has 0 unspecified atom stereocenters. The number of nitrogens with two attached hydrogens (primary N) is 1. The Kier molecular flexibility index (Phi) is 5.46. The molecule has 0 amide bonds. The third-order valence-electron chi connectivity index (χ3n) is 2.81. The van der Waals surface area contributed by atoms with E-state index >= 15 is 0 Å². The summed E-state index contributed by atoms with van der Waals surface area (Å²) in [5, 5.41) is 11.6. The summed E-state index contributed by atoms with van der Waals surface area (Å²) in [7, 11) is 0. The minimum absolute atomic E-state index is 0.0628. The lowest BCUT2D eigenvalue weighted by molar-refractivity contribution is 0.247. The fraction of sp³-hybridized carbons (Fsp3) is 0.188. The SMILES string of the molecule is NC(=NO)c1cccc(OCCCOc2ccccc2)c1. The second-order valence-electron chi connectivity index (χ2n) is 4.38. The maximum absolute atomic E-state index is 8.64. The Bertz CT molecular complexity index is 585. The summed E-state index contributed by atoms with van der Waals surface area (Å²) < 4.78 is 11.2. The number of nitrogens with zero attached hydrogens (tertiary/aromatic N) is 1. The van der Waals surface area contributed by atoms with E-state index in [-0.39, 0.29) is 5.84 Å². The summed E-state index contributed by atoms with van der Waals surface area (Å²) in [6.07, 6.45) is 0.767. The number of para-hydroxylation sites is 1. The van der Waals surface area contributed by atoms with Gasteiger partial charge in [0.2, 0.25) is 0 Å². The zero-order valence-corrected chi connectivity index (χ0v) is 11.6. The van der Waals surface area contributed by atoms with E-state index < -0.39 is 0 Å². The first-order valence-electron chi connectivity index (χ1n) is 6.68. The Hall–Kier alpha value is -2.69. The highest BCUT2D eigenvalue weighted by Gasteiger charge is 2.01. The van der Waals surface area contributed by atoms with Gasteiger partial charge in [0, 0.05) is 12.0 Å². The average Bonchev–Trinajstić information content (AvgIpc) is 2.55. The van der Waals surface area contributed by atoms with Crippen molar-refractivity contribution in [2.75, 3.05) is 13.2 Å². The van der Waals surface area contributed by atoms with Gasteiger partial charge < -0.3 is 20.4 Å². The predicted molar refractivity (Wildman–Crippen MR) is 81.0 cm³/mol. The van der Waals surface area contributed by atoms with Gasteiger partial charge in [-0.25, -0.2) is 0 Å². The van der Waals surface area contributed by atoms with Gasteiger partial charge in [-0.1, -0.05) is 35.5 Å². The van der Waals surface area contributed by atoms with Gasteiger partial charge in [0.25, 0.3) is 0 Å². The van der Waals surface area contributed by atoms with Crippen molar-refractivity contribution in [1.29, 1.82) is 0 Å². The maximum atomic E-state index is 8.64. The highest BCUT2D eigenvalue weighted by atomic mass is 16.5. The standard InChI is InChI=1S/C16H18N2O3/c17-16(18-19)13-6-4-9-15(12-13)21-11-5-10-20-14-7-2-1-3-8-14/h1-4,6-9,12,19H,5,10-11H2,(H2,17,18). The third-order valence-corrected chi connectivity index (χ3v) is 2.81. The van der Waals surface area contributed by atoms with E-state index in [1.54, 1.807) is 18.2 Å². The molecule has 0 fully saturated rings. The molecule has 0 radical (unpaired) electrons. The molecule has 0 aliphatic heterocycles. The molecule has 5 nitrogen and oxygen atoms in total. The van der Waals surface area contributed by atoms with E-state index in [0.717, 1.165) is 12.2 Å². The Labute approximate surface area is 123 Å². The quantitative estimate of drug-likeness (QED) is 0.270. The lowest BCUT2D eigenvalue weighted by Crippen LogP contribution is -2.13. The number of rotatable bonds is 7. The molecule has 110 valence electrons. The van der Waals surface area contributed by atoms with Crippen molar-refractivity contribution in [2.45, 2.75) is 6.42 Å². The predicted octanol–water partition coefficient (Wildman–Crippen LogP) is 2.63. The van der Waals surface area contributed by atoms with E-state index in [1.165, 1.54) is 0 Å². The van der Waals surface area contributed by atoms with Crippen LogP contribution in [-0.4, -0.2) is 24.3 Å². The molecule has 0 bridgehead atoms. The molecular formula is C16H18N2O3. The summed E-state index contributed by atoms with van der Waals surface area (Å²) in [5.74, 6) is 1.60. The van der Waals surface area contributed by atoms with Crippen molar-refractivity contribution in [3.05, 3.63) is 60.2 Å². The molecule has 0 atom stereocenters. The van der Waals surface area contributed by atoms with Gasteiger partial charge in [0.1, 0.15) is 11.5 Å². The first-order valence-corrected chi connectivity index (χ1v) is 6.68. The Balaban J connectivity index is 1.74. The van der Waals surface area contributed by atoms with Gasteiger partial charge >= 0.3 is 0 Å². The van der Waals surface area contributed by atoms with Crippen molar-refractivity contribution >= 4 is 5.84 Å². The molecule has 2 aromatic rings. The van der Waals surface area contributed by atoms with E-state index in [4.69, 9.17) is 20.4 Å². The largest absolute Gasteiger partial charge is 0.493 e. The molecule has 0 heterocycles. The van der Waals surface area contributed by atoms with Crippen LogP contribution in [0.3, 0.4) is 0 Å². The van der Waals surface area contributed by atoms with Crippen LogP contribution in [-0.2, 0) is 0 Å². The van der Waals surface area contributed by atoms with E-state index in [9.17, 15) is 0 Å². The minimum atomic E-state index is 0.0628. The normalized spacial score (nSPS) is 11.1. The molecular weight excluding hydrogens is 268 g/mol. The van der Waals surface area contributed by atoms with Crippen LogP contribution < -0.4 is 15.2 Å². The van der Waals surface area contributed by atoms with Gasteiger partial charge in [-0.2, -0.15) is 0 Å². The molecule has 0 saturated carbocycles. The lowest BCUT2D eigenvalue weighted by Gasteiger charge is -2.08. The van der Waals surface area contributed by atoms with Gasteiger partial charge in [0.05, 0.1) is 13.2 Å². The van der Waals surface area contributed by atoms with Crippen molar-refractivity contribution in [3.8, 4) is 11.5 Å². The second-order valence-corrected chi connectivity index (χ2v) is 4.38. The summed E-state index contributed by atoms with van der Waals surface area (Å²) >= 11 is 0. The van der Waals surface area contributed by atoms with Crippen LogP contribution in [0.15, 0.2) is 59.8 Å². The van der Waals surface area contributed by atoms with Crippen molar-refractivity contribution in [1.82, 2.24) is 0 Å². The molecule has 5 heteroatoms. The molecule has 0 aliphatic rings. The van der Waals surface area contributed by atoms with Crippen LogP contribution in [0.5, 0.6) is 11.5 Å². The first-order chi connectivity index (χ1) is 10.3.